The lowest BCUT2D eigenvalue weighted by Gasteiger charge is -2.03. The van der Waals surface area contributed by atoms with E-state index in [1.54, 1.807) is 6.92 Å². The molecule has 0 saturated carbocycles. The Morgan fingerprint density at radius 1 is 1.47 bits per heavy atom. The maximum absolute atomic E-state index is 11.4. The summed E-state index contributed by atoms with van der Waals surface area (Å²) in [7, 11) is 0. The van der Waals surface area contributed by atoms with Crippen LogP contribution in [0, 0.1) is 0 Å². The molecule has 2 amide bonds. The van der Waals surface area contributed by atoms with E-state index in [0.717, 1.165) is 0 Å². The van der Waals surface area contributed by atoms with Crippen LogP contribution in [0.1, 0.15) is 19.0 Å². The second kappa shape index (κ2) is 7.09. The van der Waals surface area contributed by atoms with Gasteiger partial charge in [-0.2, -0.15) is 0 Å². The molecule has 0 fully saturated rings. The SMILES string of the molecule is CCOC(=O)NC(=O)Cn1cc(CCC(=O)O)nn1. The van der Waals surface area contributed by atoms with Gasteiger partial charge in [-0.1, -0.05) is 5.21 Å². The molecule has 0 atom stereocenters. The number of aliphatic carboxylic acids is 1. The first kappa shape index (κ1) is 14.6. The number of hydrogen-bond acceptors (Lipinski definition) is 6. The monoisotopic (exact) mass is 270 g/mol. The third-order valence-corrected chi connectivity index (χ3v) is 2.00. The Bertz CT molecular complexity index is 470. The quantitative estimate of drug-likeness (QED) is 0.718. The lowest BCUT2D eigenvalue weighted by molar-refractivity contribution is -0.137. The number of ether oxygens (including phenoxy) is 1. The van der Waals surface area contributed by atoms with Crippen molar-refractivity contribution >= 4 is 18.0 Å². The van der Waals surface area contributed by atoms with E-state index in [9.17, 15) is 14.4 Å². The zero-order chi connectivity index (χ0) is 14.3. The van der Waals surface area contributed by atoms with E-state index in [2.05, 4.69) is 15.0 Å². The van der Waals surface area contributed by atoms with E-state index in [0.29, 0.717) is 5.69 Å². The molecule has 9 nitrogen and oxygen atoms in total. The van der Waals surface area contributed by atoms with Crippen molar-refractivity contribution < 1.29 is 24.2 Å². The maximum Gasteiger partial charge on any atom is 0.413 e. The highest BCUT2D eigenvalue weighted by Crippen LogP contribution is 1.98. The maximum atomic E-state index is 11.4. The van der Waals surface area contributed by atoms with Crippen LogP contribution >= 0.6 is 0 Å². The van der Waals surface area contributed by atoms with Crippen LogP contribution in [0.15, 0.2) is 6.20 Å². The zero-order valence-electron chi connectivity index (χ0n) is 10.3. The minimum atomic E-state index is -0.936. The number of imide groups is 1. The van der Waals surface area contributed by atoms with Crippen molar-refractivity contribution in [1.82, 2.24) is 20.3 Å². The number of amides is 2. The Kier molecular flexibility index (Phi) is 5.45. The van der Waals surface area contributed by atoms with Gasteiger partial charge >= 0.3 is 12.1 Å². The molecule has 0 aliphatic carbocycles. The lowest BCUT2D eigenvalue weighted by atomic mass is 10.2. The van der Waals surface area contributed by atoms with Crippen molar-refractivity contribution in [2.45, 2.75) is 26.3 Å². The molecule has 19 heavy (non-hydrogen) atoms. The van der Waals surface area contributed by atoms with Crippen molar-refractivity contribution in [2.24, 2.45) is 0 Å². The number of hydrogen-bond donors (Lipinski definition) is 2. The second-order valence-electron chi connectivity index (χ2n) is 3.57. The normalized spacial score (nSPS) is 9.95. The van der Waals surface area contributed by atoms with E-state index in [1.807, 2.05) is 5.32 Å². The average Bonchev–Trinajstić information content (AvgIpc) is 2.74. The molecule has 0 unspecified atom stereocenters. The molecule has 0 saturated heterocycles. The third kappa shape index (κ3) is 5.61. The summed E-state index contributed by atoms with van der Waals surface area (Å²) in [6, 6.07) is 0. The van der Waals surface area contributed by atoms with Crippen molar-refractivity contribution in [3.05, 3.63) is 11.9 Å². The molecule has 2 N–H and O–H groups in total. The molecule has 1 aromatic heterocycles. The summed E-state index contributed by atoms with van der Waals surface area (Å²) < 4.78 is 5.75. The van der Waals surface area contributed by atoms with Gasteiger partial charge in [-0.15, -0.1) is 5.10 Å². The van der Waals surface area contributed by atoms with Crippen LogP contribution in [-0.4, -0.2) is 44.7 Å². The Morgan fingerprint density at radius 2 is 2.21 bits per heavy atom. The number of carboxylic acids is 1. The molecule has 1 heterocycles. The summed E-state index contributed by atoms with van der Waals surface area (Å²) in [6.45, 7) is 1.59. The van der Waals surface area contributed by atoms with Gasteiger partial charge in [0.15, 0.2) is 0 Å². The second-order valence-corrected chi connectivity index (χ2v) is 3.57. The van der Waals surface area contributed by atoms with E-state index >= 15 is 0 Å². The highest BCUT2D eigenvalue weighted by atomic mass is 16.5. The van der Waals surface area contributed by atoms with Crippen LogP contribution in [0.4, 0.5) is 4.79 Å². The number of nitrogens with zero attached hydrogens (tertiary/aromatic N) is 3. The van der Waals surface area contributed by atoms with Crippen molar-refractivity contribution in [1.29, 1.82) is 0 Å². The van der Waals surface area contributed by atoms with Crippen molar-refractivity contribution in [3.8, 4) is 0 Å². The van der Waals surface area contributed by atoms with Crippen LogP contribution in [0.3, 0.4) is 0 Å². The van der Waals surface area contributed by atoms with Crippen molar-refractivity contribution in [3.63, 3.8) is 0 Å². The highest BCUT2D eigenvalue weighted by molar-refractivity contribution is 5.91. The summed E-state index contributed by atoms with van der Waals surface area (Å²) in [5.41, 5.74) is 0.464. The topological polar surface area (TPSA) is 123 Å². The van der Waals surface area contributed by atoms with Gasteiger partial charge in [-0.05, 0) is 6.92 Å². The molecule has 0 bridgehead atoms. The van der Waals surface area contributed by atoms with E-state index < -0.39 is 18.0 Å². The number of nitrogens with one attached hydrogen (secondary N) is 1. The van der Waals surface area contributed by atoms with Gasteiger partial charge in [0, 0.05) is 12.6 Å². The van der Waals surface area contributed by atoms with E-state index in [1.165, 1.54) is 10.9 Å². The molecular weight excluding hydrogens is 256 g/mol. The summed E-state index contributed by atoms with van der Waals surface area (Å²) >= 11 is 0. The summed E-state index contributed by atoms with van der Waals surface area (Å²) in [5, 5.41) is 17.9. The average molecular weight is 270 g/mol. The smallest absolute Gasteiger partial charge is 0.413 e. The first-order valence-electron chi connectivity index (χ1n) is 5.58. The molecule has 104 valence electrons. The van der Waals surface area contributed by atoms with Crippen LogP contribution < -0.4 is 5.32 Å². The highest BCUT2D eigenvalue weighted by Gasteiger charge is 2.10. The number of aromatic nitrogens is 3. The standard InChI is InChI=1S/C10H14N4O5/c1-2-19-10(18)11-8(15)6-14-5-7(12-13-14)3-4-9(16)17/h5H,2-4,6H2,1H3,(H,16,17)(H,11,15,18). The summed E-state index contributed by atoms with van der Waals surface area (Å²) in [4.78, 5) is 32.7. The van der Waals surface area contributed by atoms with E-state index in [4.69, 9.17) is 5.11 Å². The first-order valence-corrected chi connectivity index (χ1v) is 5.58. The van der Waals surface area contributed by atoms with Crippen LogP contribution in [0.5, 0.6) is 0 Å². The molecule has 0 aliphatic rings. The molecular formula is C10H14N4O5. The largest absolute Gasteiger partial charge is 0.481 e. The lowest BCUT2D eigenvalue weighted by Crippen LogP contribution is -2.33. The molecule has 0 spiro atoms. The van der Waals surface area contributed by atoms with Gasteiger partial charge in [-0.25, -0.2) is 9.48 Å². The van der Waals surface area contributed by atoms with Crippen LogP contribution in [0.2, 0.25) is 0 Å². The summed E-state index contributed by atoms with van der Waals surface area (Å²) in [5.74, 6) is -1.53. The van der Waals surface area contributed by atoms with Gasteiger partial charge in [0.1, 0.15) is 6.54 Å². The first-order chi connectivity index (χ1) is 9.01. The molecule has 1 aromatic rings. The van der Waals surface area contributed by atoms with Gasteiger partial charge in [0.2, 0.25) is 0 Å². The molecule has 0 aliphatic heterocycles. The number of carbonyl (C=O) groups is 3. The molecule has 0 radical (unpaired) electrons. The molecule has 9 heteroatoms. The van der Waals surface area contributed by atoms with Gasteiger partial charge in [0.05, 0.1) is 18.7 Å². The summed E-state index contributed by atoms with van der Waals surface area (Å²) in [6.07, 6.45) is 0.801. The van der Waals surface area contributed by atoms with Crippen molar-refractivity contribution in [2.75, 3.05) is 6.61 Å². The fourth-order valence-corrected chi connectivity index (χ4v) is 1.23. The third-order valence-electron chi connectivity index (χ3n) is 2.00. The number of carboxylic acid groups (broad SMARTS) is 1. The predicted molar refractivity (Wildman–Crippen MR) is 61.1 cm³/mol. The minimum absolute atomic E-state index is 0.0618. The molecule has 1 rings (SSSR count). The number of carbonyl (C=O) groups excluding carboxylic acids is 2. The Labute approximate surface area is 108 Å². The Balaban J connectivity index is 2.42. The van der Waals surface area contributed by atoms with Gasteiger partial charge in [0.25, 0.3) is 5.91 Å². The minimum Gasteiger partial charge on any atom is -0.481 e. The number of rotatable bonds is 6. The fraction of sp³-hybridized carbons (Fsp3) is 0.500. The van der Waals surface area contributed by atoms with E-state index in [-0.39, 0.29) is 26.0 Å². The Morgan fingerprint density at radius 3 is 2.84 bits per heavy atom. The Hall–Kier alpha value is -2.45. The van der Waals surface area contributed by atoms with Crippen LogP contribution in [0.25, 0.3) is 0 Å². The zero-order valence-corrected chi connectivity index (χ0v) is 10.3. The van der Waals surface area contributed by atoms with Crippen LogP contribution in [-0.2, 0) is 27.3 Å². The van der Waals surface area contributed by atoms with Gasteiger partial charge < -0.3 is 9.84 Å². The number of aryl methyl sites for hydroxylation is 1. The fourth-order valence-electron chi connectivity index (χ4n) is 1.23. The molecule has 0 aromatic carbocycles. The van der Waals surface area contributed by atoms with Gasteiger partial charge in [-0.3, -0.25) is 14.9 Å². The number of alkyl carbamates (subject to hydrolysis) is 1. The predicted octanol–water partition coefficient (Wildman–Crippen LogP) is -0.432.